The van der Waals surface area contributed by atoms with Gasteiger partial charge in [0.15, 0.2) is 0 Å². The zero-order chi connectivity index (χ0) is 13.8. The van der Waals surface area contributed by atoms with E-state index in [4.69, 9.17) is 0 Å². The molecule has 1 N–H and O–H groups in total. The first-order chi connectivity index (χ1) is 9.33. The van der Waals surface area contributed by atoms with E-state index in [1.807, 2.05) is 12.1 Å². The van der Waals surface area contributed by atoms with Crippen molar-refractivity contribution in [3.63, 3.8) is 0 Å². The van der Waals surface area contributed by atoms with Crippen molar-refractivity contribution in [3.8, 4) is 5.75 Å². The Morgan fingerprint density at radius 1 is 0.842 bits per heavy atom. The SMILES string of the molecule is CCCCCCCCCCC=Cc1ccc(O)cc1. The van der Waals surface area contributed by atoms with Gasteiger partial charge < -0.3 is 5.11 Å². The molecule has 106 valence electrons. The van der Waals surface area contributed by atoms with Gasteiger partial charge in [0.25, 0.3) is 0 Å². The van der Waals surface area contributed by atoms with E-state index in [9.17, 15) is 5.11 Å². The highest BCUT2D eigenvalue weighted by molar-refractivity contribution is 5.50. The molecule has 0 aliphatic rings. The summed E-state index contributed by atoms with van der Waals surface area (Å²) in [5.41, 5.74) is 1.16. The van der Waals surface area contributed by atoms with Gasteiger partial charge in [-0.25, -0.2) is 0 Å². The third kappa shape index (κ3) is 8.47. The van der Waals surface area contributed by atoms with Crippen LogP contribution in [0.2, 0.25) is 0 Å². The first-order valence-electron chi connectivity index (χ1n) is 7.78. The van der Waals surface area contributed by atoms with Crippen molar-refractivity contribution in [2.45, 2.75) is 64.7 Å². The summed E-state index contributed by atoms with van der Waals surface area (Å²) in [4.78, 5) is 0. The average Bonchev–Trinajstić information content (AvgIpc) is 2.43. The normalized spacial score (nSPS) is 11.2. The smallest absolute Gasteiger partial charge is 0.115 e. The summed E-state index contributed by atoms with van der Waals surface area (Å²) in [7, 11) is 0. The van der Waals surface area contributed by atoms with E-state index < -0.39 is 0 Å². The summed E-state index contributed by atoms with van der Waals surface area (Å²) in [5, 5.41) is 9.18. The van der Waals surface area contributed by atoms with Crippen LogP contribution in [-0.4, -0.2) is 5.11 Å². The van der Waals surface area contributed by atoms with Crippen molar-refractivity contribution >= 4 is 6.08 Å². The van der Waals surface area contributed by atoms with Gasteiger partial charge in [-0.3, -0.25) is 0 Å². The van der Waals surface area contributed by atoms with E-state index in [0.717, 1.165) is 12.0 Å². The third-order valence-corrected chi connectivity index (χ3v) is 3.43. The Bertz CT molecular complexity index is 337. The number of allylic oxidation sites excluding steroid dienone is 1. The van der Waals surface area contributed by atoms with Gasteiger partial charge in [0, 0.05) is 0 Å². The van der Waals surface area contributed by atoms with Crippen molar-refractivity contribution < 1.29 is 5.11 Å². The van der Waals surface area contributed by atoms with Crippen LogP contribution in [0, 0.1) is 0 Å². The van der Waals surface area contributed by atoms with Crippen LogP contribution in [0.1, 0.15) is 70.3 Å². The summed E-state index contributed by atoms with van der Waals surface area (Å²) >= 11 is 0. The highest BCUT2D eigenvalue weighted by atomic mass is 16.3. The largest absolute Gasteiger partial charge is 0.508 e. The minimum absolute atomic E-state index is 0.334. The zero-order valence-corrected chi connectivity index (χ0v) is 12.3. The Balaban J connectivity index is 1.97. The Morgan fingerprint density at radius 3 is 2.05 bits per heavy atom. The van der Waals surface area contributed by atoms with Crippen LogP contribution < -0.4 is 0 Å². The van der Waals surface area contributed by atoms with Crippen LogP contribution in [-0.2, 0) is 0 Å². The molecule has 1 aromatic rings. The van der Waals surface area contributed by atoms with E-state index in [1.54, 1.807) is 12.1 Å². The van der Waals surface area contributed by atoms with E-state index in [-0.39, 0.29) is 0 Å². The third-order valence-electron chi connectivity index (χ3n) is 3.43. The van der Waals surface area contributed by atoms with Gasteiger partial charge in [-0.2, -0.15) is 0 Å². The molecular weight excluding hydrogens is 232 g/mol. The fourth-order valence-electron chi connectivity index (χ4n) is 2.20. The molecule has 0 aliphatic heterocycles. The molecular formula is C18H28O. The fourth-order valence-corrected chi connectivity index (χ4v) is 2.20. The Kier molecular flexibility index (Phi) is 8.87. The lowest BCUT2D eigenvalue weighted by Gasteiger charge is -2.00. The number of phenols is 1. The number of rotatable bonds is 10. The molecule has 0 unspecified atom stereocenters. The standard InChI is InChI=1S/C18H28O/c1-2-3-4-5-6-7-8-9-10-11-12-17-13-15-18(19)16-14-17/h11-16,19H,2-10H2,1H3. The van der Waals surface area contributed by atoms with Crippen LogP contribution in [0.5, 0.6) is 5.75 Å². The second-order valence-corrected chi connectivity index (χ2v) is 5.26. The summed E-state index contributed by atoms with van der Waals surface area (Å²) in [6, 6.07) is 7.35. The van der Waals surface area contributed by atoms with Crippen LogP contribution in [0.3, 0.4) is 0 Å². The molecule has 0 amide bonds. The summed E-state index contributed by atoms with van der Waals surface area (Å²) in [6.45, 7) is 2.26. The lowest BCUT2D eigenvalue weighted by molar-refractivity contribution is 0.475. The molecule has 19 heavy (non-hydrogen) atoms. The number of unbranched alkanes of at least 4 members (excludes halogenated alkanes) is 8. The number of hydrogen-bond acceptors (Lipinski definition) is 1. The molecule has 0 bridgehead atoms. The Labute approximate surface area is 118 Å². The molecule has 0 saturated carbocycles. The fraction of sp³-hybridized carbons (Fsp3) is 0.556. The predicted molar refractivity (Wildman–Crippen MR) is 84.4 cm³/mol. The summed E-state index contributed by atoms with van der Waals surface area (Å²) < 4.78 is 0. The van der Waals surface area contributed by atoms with Crippen molar-refractivity contribution in [1.82, 2.24) is 0 Å². The average molecular weight is 260 g/mol. The maximum Gasteiger partial charge on any atom is 0.115 e. The second-order valence-electron chi connectivity index (χ2n) is 5.26. The lowest BCUT2D eigenvalue weighted by atomic mass is 10.1. The van der Waals surface area contributed by atoms with E-state index >= 15 is 0 Å². The van der Waals surface area contributed by atoms with Gasteiger partial charge in [0.1, 0.15) is 5.75 Å². The van der Waals surface area contributed by atoms with Crippen LogP contribution in [0.4, 0.5) is 0 Å². The molecule has 0 fully saturated rings. The molecule has 0 radical (unpaired) electrons. The molecule has 0 saturated heterocycles. The van der Waals surface area contributed by atoms with Gasteiger partial charge in [0.05, 0.1) is 0 Å². The Hall–Kier alpha value is -1.24. The molecule has 0 heterocycles. The topological polar surface area (TPSA) is 20.2 Å². The van der Waals surface area contributed by atoms with Crippen LogP contribution in [0.15, 0.2) is 30.3 Å². The maximum atomic E-state index is 9.18. The van der Waals surface area contributed by atoms with Gasteiger partial charge in [-0.05, 0) is 30.5 Å². The van der Waals surface area contributed by atoms with Crippen molar-refractivity contribution in [1.29, 1.82) is 0 Å². The van der Waals surface area contributed by atoms with Crippen LogP contribution in [0.25, 0.3) is 6.08 Å². The van der Waals surface area contributed by atoms with E-state index in [1.165, 1.54) is 51.4 Å². The Morgan fingerprint density at radius 2 is 1.42 bits per heavy atom. The van der Waals surface area contributed by atoms with E-state index in [0.29, 0.717) is 5.75 Å². The van der Waals surface area contributed by atoms with Gasteiger partial charge >= 0.3 is 0 Å². The number of benzene rings is 1. The zero-order valence-electron chi connectivity index (χ0n) is 12.3. The summed E-state index contributed by atoms with van der Waals surface area (Å²) in [5.74, 6) is 0.334. The minimum atomic E-state index is 0.334. The highest BCUT2D eigenvalue weighted by Crippen LogP contribution is 2.13. The molecule has 1 nitrogen and oxygen atoms in total. The predicted octanol–water partition coefficient (Wildman–Crippen LogP) is 5.94. The summed E-state index contributed by atoms with van der Waals surface area (Å²) in [6.07, 6.45) is 16.5. The first kappa shape index (κ1) is 15.8. The molecule has 0 aliphatic carbocycles. The monoisotopic (exact) mass is 260 g/mol. The maximum absolute atomic E-state index is 9.18. The molecule has 0 spiro atoms. The van der Waals surface area contributed by atoms with E-state index in [2.05, 4.69) is 19.1 Å². The first-order valence-corrected chi connectivity index (χ1v) is 7.78. The molecule has 0 aromatic heterocycles. The quantitative estimate of drug-likeness (QED) is 0.516. The van der Waals surface area contributed by atoms with Gasteiger partial charge in [0.2, 0.25) is 0 Å². The van der Waals surface area contributed by atoms with Crippen LogP contribution >= 0.6 is 0 Å². The number of aromatic hydroxyl groups is 1. The number of phenolic OH excluding ortho intramolecular Hbond substituents is 1. The van der Waals surface area contributed by atoms with Crippen molar-refractivity contribution in [3.05, 3.63) is 35.9 Å². The highest BCUT2D eigenvalue weighted by Gasteiger charge is 1.91. The minimum Gasteiger partial charge on any atom is -0.508 e. The van der Waals surface area contributed by atoms with Gasteiger partial charge in [-0.15, -0.1) is 0 Å². The molecule has 1 aromatic carbocycles. The second kappa shape index (κ2) is 10.7. The number of hydrogen-bond donors (Lipinski definition) is 1. The molecule has 1 heteroatoms. The lowest BCUT2D eigenvalue weighted by Crippen LogP contribution is -1.80. The van der Waals surface area contributed by atoms with Crippen molar-refractivity contribution in [2.75, 3.05) is 0 Å². The van der Waals surface area contributed by atoms with Crippen molar-refractivity contribution in [2.24, 2.45) is 0 Å². The molecule has 0 atom stereocenters. The molecule has 1 rings (SSSR count). The van der Waals surface area contributed by atoms with Gasteiger partial charge in [-0.1, -0.05) is 76.2 Å².